The molecule has 0 fully saturated rings. The molecule has 27 heavy (non-hydrogen) atoms. The Labute approximate surface area is 162 Å². The maximum atomic E-state index is 12.4. The normalized spacial score (nSPS) is 12.7. The molecule has 2 aromatic carbocycles. The summed E-state index contributed by atoms with van der Waals surface area (Å²) < 4.78 is 26.2. The Kier molecular flexibility index (Phi) is 8.00. The van der Waals surface area contributed by atoms with Crippen LogP contribution in [-0.4, -0.2) is 38.3 Å². The number of sulfonamides is 1. The Morgan fingerprint density at radius 1 is 1.04 bits per heavy atom. The van der Waals surface area contributed by atoms with Gasteiger partial charge in [0.15, 0.2) is 0 Å². The quantitative estimate of drug-likeness (QED) is 0.680. The van der Waals surface area contributed by atoms with Gasteiger partial charge in [0, 0.05) is 26.1 Å². The fraction of sp³-hybridized carbons (Fsp3) is 0.381. The molecule has 0 aliphatic carbocycles. The van der Waals surface area contributed by atoms with Gasteiger partial charge in [-0.3, -0.25) is 4.79 Å². The number of carbonyl (C=O) groups is 1. The van der Waals surface area contributed by atoms with E-state index in [1.54, 1.807) is 37.4 Å². The zero-order valence-corrected chi connectivity index (χ0v) is 16.8. The molecule has 0 radical (unpaired) electrons. The zero-order chi connectivity index (χ0) is 19.7. The Morgan fingerprint density at radius 2 is 1.63 bits per heavy atom. The highest BCUT2D eigenvalue weighted by Crippen LogP contribution is 2.14. The summed E-state index contributed by atoms with van der Waals surface area (Å²) in [6.45, 7) is 2.30. The van der Waals surface area contributed by atoms with Crippen LogP contribution >= 0.6 is 0 Å². The van der Waals surface area contributed by atoms with Gasteiger partial charge in [-0.15, -0.1) is 0 Å². The third-order valence-electron chi connectivity index (χ3n) is 4.44. The highest BCUT2D eigenvalue weighted by Gasteiger charge is 2.20. The van der Waals surface area contributed by atoms with Crippen LogP contribution in [0.2, 0.25) is 0 Å². The van der Waals surface area contributed by atoms with Gasteiger partial charge >= 0.3 is 0 Å². The van der Waals surface area contributed by atoms with Gasteiger partial charge in [-0.05, 0) is 43.9 Å². The smallest absolute Gasteiger partial charge is 0.242 e. The van der Waals surface area contributed by atoms with Gasteiger partial charge in [-0.1, -0.05) is 48.5 Å². The number of nitrogens with zero attached hydrogens (tertiary/aromatic N) is 1. The summed E-state index contributed by atoms with van der Waals surface area (Å²) in [5.74, 6) is -0.0407. The van der Waals surface area contributed by atoms with Gasteiger partial charge in [-0.25, -0.2) is 12.7 Å². The molecule has 146 valence electrons. The van der Waals surface area contributed by atoms with E-state index >= 15 is 0 Å². The standard InChI is InChI=1S/C21H28N2O3S/c1-18(15-16-19-10-5-3-6-11-19)22-21(24)14-9-17-23(2)27(25,26)20-12-7-4-8-13-20/h3-8,10-13,18H,9,14-17H2,1-2H3,(H,22,24)/t18-/m0/s1. The van der Waals surface area contributed by atoms with Crippen LogP contribution in [0.3, 0.4) is 0 Å². The molecule has 0 saturated carbocycles. The maximum Gasteiger partial charge on any atom is 0.242 e. The molecule has 0 aromatic heterocycles. The summed E-state index contributed by atoms with van der Waals surface area (Å²) in [4.78, 5) is 12.4. The van der Waals surface area contributed by atoms with Crippen molar-refractivity contribution in [3.63, 3.8) is 0 Å². The Morgan fingerprint density at radius 3 is 2.26 bits per heavy atom. The van der Waals surface area contributed by atoms with Crippen LogP contribution in [0, 0.1) is 0 Å². The van der Waals surface area contributed by atoms with E-state index in [4.69, 9.17) is 0 Å². The first-order chi connectivity index (χ1) is 12.9. The summed E-state index contributed by atoms with van der Waals surface area (Å²) in [5, 5.41) is 2.99. The molecule has 0 spiro atoms. The number of benzene rings is 2. The van der Waals surface area contributed by atoms with E-state index < -0.39 is 10.0 Å². The van der Waals surface area contributed by atoms with Crippen molar-refractivity contribution in [1.29, 1.82) is 0 Å². The minimum atomic E-state index is -3.50. The Balaban J connectivity index is 1.70. The first-order valence-electron chi connectivity index (χ1n) is 9.24. The van der Waals surface area contributed by atoms with Crippen molar-refractivity contribution in [2.75, 3.05) is 13.6 Å². The predicted octanol–water partition coefficient (Wildman–Crippen LogP) is 3.22. The zero-order valence-electron chi connectivity index (χ0n) is 16.0. The number of aryl methyl sites for hydroxylation is 1. The second-order valence-corrected chi connectivity index (χ2v) is 8.78. The second kappa shape index (κ2) is 10.2. The highest BCUT2D eigenvalue weighted by molar-refractivity contribution is 7.89. The minimum absolute atomic E-state index is 0.0407. The minimum Gasteiger partial charge on any atom is -0.354 e. The molecule has 0 bridgehead atoms. The van der Waals surface area contributed by atoms with E-state index in [0.717, 1.165) is 12.8 Å². The van der Waals surface area contributed by atoms with Gasteiger partial charge in [0.1, 0.15) is 0 Å². The van der Waals surface area contributed by atoms with Gasteiger partial charge in [0.05, 0.1) is 4.90 Å². The lowest BCUT2D eigenvalue weighted by atomic mass is 10.1. The van der Waals surface area contributed by atoms with Crippen LogP contribution in [0.4, 0.5) is 0 Å². The molecule has 0 unspecified atom stereocenters. The van der Waals surface area contributed by atoms with Crippen LogP contribution in [0.25, 0.3) is 0 Å². The summed E-state index contributed by atoms with van der Waals surface area (Å²) in [6.07, 6.45) is 2.59. The Bertz CT molecular complexity index is 808. The van der Waals surface area contributed by atoms with Gasteiger partial charge in [0.2, 0.25) is 15.9 Å². The molecular formula is C21H28N2O3S. The molecule has 1 N–H and O–H groups in total. The first kappa shape index (κ1) is 21.1. The van der Waals surface area contributed by atoms with Crippen molar-refractivity contribution < 1.29 is 13.2 Å². The van der Waals surface area contributed by atoms with Gasteiger partial charge in [-0.2, -0.15) is 0 Å². The van der Waals surface area contributed by atoms with Crippen molar-refractivity contribution >= 4 is 15.9 Å². The summed E-state index contributed by atoms with van der Waals surface area (Å²) >= 11 is 0. The molecule has 2 rings (SSSR count). The van der Waals surface area contributed by atoms with E-state index in [9.17, 15) is 13.2 Å². The molecule has 0 aliphatic heterocycles. The van der Waals surface area contributed by atoms with Crippen molar-refractivity contribution in [2.24, 2.45) is 0 Å². The van der Waals surface area contributed by atoms with Gasteiger partial charge < -0.3 is 5.32 Å². The Hall–Kier alpha value is -2.18. The van der Waals surface area contributed by atoms with E-state index in [-0.39, 0.29) is 16.8 Å². The van der Waals surface area contributed by atoms with Crippen molar-refractivity contribution in [3.8, 4) is 0 Å². The second-order valence-electron chi connectivity index (χ2n) is 6.74. The largest absolute Gasteiger partial charge is 0.354 e. The molecular weight excluding hydrogens is 360 g/mol. The topological polar surface area (TPSA) is 66.5 Å². The fourth-order valence-electron chi connectivity index (χ4n) is 2.80. The van der Waals surface area contributed by atoms with E-state index in [0.29, 0.717) is 19.4 Å². The molecule has 1 atom stereocenters. The molecule has 1 amide bonds. The molecule has 5 nitrogen and oxygen atoms in total. The lowest BCUT2D eigenvalue weighted by Crippen LogP contribution is -2.34. The van der Waals surface area contributed by atoms with Crippen molar-refractivity contribution in [2.45, 2.75) is 43.5 Å². The number of hydrogen-bond acceptors (Lipinski definition) is 3. The van der Waals surface area contributed by atoms with Crippen molar-refractivity contribution in [3.05, 3.63) is 66.2 Å². The van der Waals surface area contributed by atoms with Crippen LogP contribution in [0.15, 0.2) is 65.6 Å². The molecule has 0 saturated heterocycles. The lowest BCUT2D eigenvalue weighted by Gasteiger charge is -2.18. The summed E-state index contributed by atoms with van der Waals surface area (Å²) in [7, 11) is -1.95. The SMILES string of the molecule is C[C@@H](CCc1ccccc1)NC(=O)CCCN(C)S(=O)(=O)c1ccccc1. The van der Waals surface area contributed by atoms with Crippen LogP contribution in [0.5, 0.6) is 0 Å². The fourth-order valence-corrected chi connectivity index (χ4v) is 4.03. The average molecular weight is 389 g/mol. The maximum absolute atomic E-state index is 12.4. The molecule has 2 aromatic rings. The van der Waals surface area contributed by atoms with Crippen LogP contribution in [0.1, 0.15) is 31.7 Å². The van der Waals surface area contributed by atoms with Crippen LogP contribution in [-0.2, 0) is 21.2 Å². The number of rotatable bonds is 10. The third-order valence-corrected chi connectivity index (χ3v) is 6.32. The van der Waals surface area contributed by atoms with Gasteiger partial charge in [0.25, 0.3) is 0 Å². The first-order valence-corrected chi connectivity index (χ1v) is 10.7. The lowest BCUT2D eigenvalue weighted by molar-refractivity contribution is -0.121. The molecule has 6 heteroatoms. The highest BCUT2D eigenvalue weighted by atomic mass is 32.2. The third kappa shape index (κ3) is 6.81. The number of carbonyl (C=O) groups excluding carboxylic acids is 1. The summed E-state index contributed by atoms with van der Waals surface area (Å²) in [6, 6.07) is 18.6. The summed E-state index contributed by atoms with van der Waals surface area (Å²) in [5.41, 5.74) is 1.26. The van der Waals surface area contributed by atoms with E-state index in [1.807, 2.05) is 25.1 Å². The molecule has 0 heterocycles. The number of nitrogens with one attached hydrogen (secondary N) is 1. The number of amides is 1. The van der Waals surface area contributed by atoms with Crippen LogP contribution < -0.4 is 5.32 Å². The monoisotopic (exact) mass is 388 g/mol. The average Bonchev–Trinajstić information content (AvgIpc) is 2.67. The van der Waals surface area contributed by atoms with E-state index in [2.05, 4.69) is 17.4 Å². The number of hydrogen-bond donors (Lipinski definition) is 1. The van der Waals surface area contributed by atoms with Crippen molar-refractivity contribution in [1.82, 2.24) is 9.62 Å². The molecule has 0 aliphatic rings. The predicted molar refractivity (Wildman–Crippen MR) is 108 cm³/mol. The van der Waals surface area contributed by atoms with E-state index in [1.165, 1.54) is 9.87 Å².